The van der Waals surface area contributed by atoms with Crippen LogP contribution >= 0.6 is 11.6 Å². The third kappa shape index (κ3) is 2.26. The Kier molecular flexibility index (Phi) is 3.32. The Labute approximate surface area is 106 Å². The molecule has 0 bridgehead atoms. The first-order valence-corrected chi connectivity index (χ1v) is 6.12. The Hall–Kier alpha value is -0.800. The van der Waals surface area contributed by atoms with Gasteiger partial charge in [0.05, 0.1) is 0 Å². The van der Waals surface area contributed by atoms with Crippen LogP contribution in [0.25, 0.3) is 0 Å². The summed E-state index contributed by atoms with van der Waals surface area (Å²) in [6.07, 6.45) is 0.932. The first-order chi connectivity index (χ1) is 7.95. The van der Waals surface area contributed by atoms with Gasteiger partial charge in [0.25, 0.3) is 0 Å². The standard InChI is InChI=1S/C13H17ClFNO/c1-13(2)11(16-3)7-12(13)17-10-5-4-8(14)6-9(10)15/h4-6,11-12,16H,7H2,1-3H3. The summed E-state index contributed by atoms with van der Waals surface area (Å²) in [5.74, 6) is -0.122. The van der Waals surface area contributed by atoms with Gasteiger partial charge in [-0.2, -0.15) is 0 Å². The van der Waals surface area contributed by atoms with Crippen molar-refractivity contribution in [1.82, 2.24) is 5.32 Å². The minimum Gasteiger partial charge on any atom is -0.487 e. The van der Waals surface area contributed by atoms with E-state index in [1.807, 2.05) is 7.05 Å². The average molecular weight is 258 g/mol. The highest BCUT2D eigenvalue weighted by Crippen LogP contribution is 2.43. The van der Waals surface area contributed by atoms with Crippen LogP contribution in [-0.2, 0) is 0 Å². The minimum atomic E-state index is -0.402. The molecule has 0 amide bonds. The fraction of sp³-hybridized carbons (Fsp3) is 0.538. The van der Waals surface area contributed by atoms with Crippen molar-refractivity contribution in [3.8, 4) is 5.75 Å². The molecule has 2 atom stereocenters. The molecule has 1 aromatic rings. The summed E-state index contributed by atoms with van der Waals surface area (Å²) < 4.78 is 19.3. The molecule has 1 aliphatic carbocycles. The van der Waals surface area contributed by atoms with Gasteiger partial charge in [0.15, 0.2) is 11.6 Å². The number of benzene rings is 1. The van der Waals surface area contributed by atoms with Gasteiger partial charge in [-0.1, -0.05) is 25.4 Å². The zero-order valence-corrected chi connectivity index (χ0v) is 11.0. The van der Waals surface area contributed by atoms with E-state index in [1.54, 1.807) is 12.1 Å². The number of ether oxygens (including phenoxy) is 1. The molecule has 2 unspecified atom stereocenters. The van der Waals surface area contributed by atoms with Gasteiger partial charge in [0.1, 0.15) is 6.10 Å². The molecule has 1 saturated carbocycles. The van der Waals surface area contributed by atoms with Crippen molar-refractivity contribution in [2.45, 2.75) is 32.4 Å². The van der Waals surface area contributed by atoms with Crippen LogP contribution in [0, 0.1) is 11.2 Å². The highest BCUT2D eigenvalue weighted by Gasteiger charge is 2.49. The molecule has 1 N–H and O–H groups in total. The van der Waals surface area contributed by atoms with Crippen LogP contribution in [0.4, 0.5) is 4.39 Å². The fourth-order valence-corrected chi connectivity index (χ4v) is 2.46. The summed E-state index contributed by atoms with van der Waals surface area (Å²) in [5.41, 5.74) is 0.0147. The number of rotatable bonds is 3. The van der Waals surface area contributed by atoms with Crippen LogP contribution in [0.5, 0.6) is 5.75 Å². The van der Waals surface area contributed by atoms with Gasteiger partial charge in [0, 0.05) is 22.9 Å². The van der Waals surface area contributed by atoms with E-state index in [2.05, 4.69) is 19.2 Å². The molecule has 1 aliphatic rings. The van der Waals surface area contributed by atoms with Crippen LogP contribution in [0.15, 0.2) is 18.2 Å². The Bertz CT molecular complexity index is 422. The summed E-state index contributed by atoms with van der Waals surface area (Å²) in [6.45, 7) is 4.24. The number of hydrogen-bond acceptors (Lipinski definition) is 2. The summed E-state index contributed by atoms with van der Waals surface area (Å²) in [6, 6.07) is 4.92. The van der Waals surface area contributed by atoms with E-state index in [-0.39, 0.29) is 17.3 Å². The normalized spacial score (nSPS) is 26.4. The summed E-state index contributed by atoms with van der Waals surface area (Å²) in [5, 5.41) is 3.62. The van der Waals surface area contributed by atoms with E-state index in [0.29, 0.717) is 11.1 Å². The Morgan fingerprint density at radius 1 is 1.47 bits per heavy atom. The van der Waals surface area contributed by atoms with E-state index in [9.17, 15) is 4.39 Å². The highest BCUT2D eigenvalue weighted by atomic mass is 35.5. The highest BCUT2D eigenvalue weighted by molar-refractivity contribution is 6.30. The van der Waals surface area contributed by atoms with Crippen molar-refractivity contribution < 1.29 is 9.13 Å². The SMILES string of the molecule is CNC1CC(Oc2ccc(Cl)cc2F)C1(C)C. The average Bonchev–Trinajstić information content (AvgIpc) is 2.26. The van der Waals surface area contributed by atoms with E-state index in [1.165, 1.54) is 6.07 Å². The number of hydrogen-bond donors (Lipinski definition) is 1. The Morgan fingerprint density at radius 2 is 2.18 bits per heavy atom. The zero-order valence-electron chi connectivity index (χ0n) is 10.3. The smallest absolute Gasteiger partial charge is 0.166 e. The molecule has 0 aliphatic heterocycles. The quantitative estimate of drug-likeness (QED) is 0.898. The van der Waals surface area contributed by atoms with Gasteiger partial charge < -0.3 is 10.1 Å². The second-order valence-electron chi connectivity index (χ2n) is 5.08. The lowest BCUT2D eigenvalue weighted by Gasteiger charge is -2.51. The lowest BCUT2D eigenvalue weighted by atomic mass is 9.64. The van der Waals surface area contributed by atoms with Gasteiger partial charge in [-0.05, 0) is 25.2 Å². The van der Waals surface area contributed by atoms with Gasteiger partial charge >= 0.3 is 0 Å². The monoisotopic (exact) mass is 257 g/mol. The van der Waals surface area contributed by atoms with E-state index >= 15 is 0 Å². The van der Waals surface area contributed by atoms with Gasteiger partial charge in [-0.3, -0.25) is 0 Å². The molecule has 94 valence electrons. The van der Waals surface area contributed by atoms with Gasteiger partial charge in [-0.25, -0.2) is 4.39 Å². The molecule has 1 fully saturated rings. The third-order valence-corrected chi connectivity index (χ3v) is 3.92. The summed E-state index contributed by atoms with van der Waals surface area (Å²) in [7, 11) is 1.94. The topological polar surface area (TPSA) is 21.3 Å². The van der Waals surface area contributed by atoms with Gasteiger partial charge in [-0.15, -0.1) is 0 Å². The van der Waals surface area contributed by atoms with Crippen molar-refractivity contribution in [3.63, 3.8) is 0 Å². The first kappa shape index (κ1) is 12.7. The molecular formula is C13H17ClFNO. The zero-order chi connectivity index (χ0) is 12.6. The molecule has 1 aromatic carbocycles. The van der Waals surface area contributed by atoms with Crippen LogP contribution in [0.1, 0.15) is 20.3 Å². The largest absolute Gasteiger partial charge is 0.487 e. The molecule has 0 spiro atoms. The second-order valence-corrected chi connectivity index (χ2v) is 5.52. The van der Waals surface area contributed by atoms with Crippen molar-refractivity contribution in [3.05, 3.63) is 29.0 Å². The predicted molar refractivity (Wildman–Crippen MR) is 67.1 cm³/mol. The molecule has 17 heavy (non-hydrogen) atoms. The lowest BCUT2D eigenvalue weighted by Crippen LogP contribution is -2.61. The first-order valence-electron chi connectivity index (χ1n) is 5.74. The number of nitrogens with one attached hydrogen (secondary N) is 1. The van der Waals surface area contributed by atoms with Crippen LogP contribution in [0.2, 0.25) is 5.02 Å². The van der Waals surface area contributed by atoms with Gasteiger partial charge in [0.2, 0.25) is 0 Å². The maximum atomic E-state index is 13.6. The van der Waals surface area contributed by atoms with Crippen molar-refractivity contribution in [2.75, 3.05) is 7.05 Å². The molecule has 0 saturated heterocycles. The minimum absolute atomic E-state index is 0.0147. The molecule has 2 rings (SSSR count). The second kappa shape index (κ2) is 4.46. The van der Waals surface area contributed by atoms with Crippen molar-refractivity contribution in [1.29, 1.82) is 0 Å². The van der Waals surface area contributed by atoms with Crippen molar-refractivity contribution in [2.24, 2.45) is 5.41 Å². The van der Waals surface area contributed by atoms with E-state index in [4.69, 9.17) is 16.3 Å². The maximum Gasteiger partial charge on any atom is 0.166 e. The fourth-order valence-electron chi connectivity index (χ4n) is 2.30. The lowest BCUT2D eigenvalue weighted by molar-refractivity contribution is -0.0538. The number of halogens is 2. The van der Waals surface area contributed by atoms with E-state index < -0.39 is 5.82 Å². The van der Waals surface area contributed by atoms with Crippen LogP contribution in [0.3, 0.4) is 0 Å². The summed E-state index contributed by atoms with van der Waals surface area (Å²) >= 11 is 5.70. The van der Waals surface area contributed by atoms with Crippen molar-refractivity contribution >= 4 is 11.6 Å². The Morgan fingerprint density at radius 3 is 2.71 bits per heavy atom. The molecule has 0 aromatic heterocycles. The van der Waals surface area contributed by atoms with Crippen LogP contribution in [-0.4, -0.2) is 19.2 Å². The molecule has 2 nitrogen and oxygen atoms in total. The maximum absolute atomic E-state index is 13.6. The molecular weight excluding hydrogens is 241 g/mol. The Balaban J connectivity index is 2.08. The van der Waals surface area contributed by atoms with Crippen LogP contribution < -0.4 is 10.1 Å². The molecule has 0 heterocycles. The third-order valence-electron chi connectivity index (χ3n) is 3.69. The summed E-state index contributed by atoms with van der Waals surface area (Å²) in [4.78, 5) is 0. The molecule has 0 radical (unpaired) electrons. The van der Waals surface area contributed by atoms with E-state index in [0.717, 1.165) is 6.42 Å². The molecule has 4 heteroatoms. The predicted octanol–water partition coefficient (Wildman–Crippen LogP) is 3.24.